The van der Waals surface area contributed by atoms with Gasteiger partial charge in [0, 0.05) is 11.6 Å². The van der Waals surface area contributed by atoms with E-state index in [-0.39, 0.29) is 18.6 Å². The Kier molecular flexibility index (Phi) is 4.39. The zero-order valence-electron chi connectivity index (χ0n) is 8.13. The van der Waals surface area contributed by atoms with Gasteiger partial charge in [0.1, 0.15) is 0 Å². The van der Waals surface area contributed by atoms with E-state index in [1.165, 1.54) is 6.07 Å². The molecule has 1 atom stereocenters. The fraction of sp³-hybridized carbons (Fsp3) is 0.300. The second-order valence-corrected chi connectivity index (χ2v) is 4.00. The van der Waals surface area contributed by atoms with E-state index in [2.05, 4.69) is 5.32 Å². The van der Waals surface area contributed by atoms with Gasteiger partial charge in [0.05, 0.1) is 16.7 Å². The number of amides is 1. The summed E-state index contributed by atoms with van der Waals surface area (Å²) in [6, 6.07) is 4.34. The van der Waals surface area contributed by atoms with Crippen molar-refractivity contribution in [2.45, 2.75) is 13.0 Å². The van der Waals surface area contributed by atoms with Crippen molar-refractivity contribution in [1.82, 2.24) is 5.32 Å². The summed E-state index contributed by atoms with van der Waals surface area (Å²) in [6.45, 7) is 1.60. The highest BCUT2D eigenvalue weighted by molar-refractivity contribution is 6.42. The molecule has 1 aromatic carbocycles. The van der Waals surface area contributed by atoms with Gasteiger partial charge in [-0.25, -0.2) is 0 Å². The van der Waals surface area contributed by atoms with Crippen LogP contribution in [0.5, 0.6) is 0 Å². The lowest BCUT2D eigenvalue weighted by atomic mass is 10.2. The molecule has 0 bridgehead atoms. The first kappa shape index (κ1) is 12.3. The molecule has 1 unspecified atom stereocenters. The summed E-state index contributed by atoms with van der Waals surface area (Å²) in [6.07, 6.45) is 0. The maximum atomic E-state index is 11.6. The molecule has 82 valence electrons. The zero-order chi connectivity index (χ0) is 11.4. The Morgan fingerprint density at radius 2 is 2.13 bits per heavy atom. The highest BCUT2D eigenvalue weighted by atomic mass is 35.5. The third-order valence-corrected chi connectivity index (χ3v) is 2.57. The number of hydrogen-bond acceptors (Lipinski definition) is 2. The van der Waals surface area contributed by atoms with Crippen molar-refractivity contribution in [3.8, 4) is 0 Å². The minimum absolute atomic E-state index is 0.104. The van der Waals surface area contributed by atoms with Gasteiger partial charge in [0.2, 0.25) is 0 Å². The van der Waals surface area contributed by atoms with E-state index in [0.29, 0.717) is 15.6 Å². The van der Waals surface area contributed by atoms with Crippen LogP contribution in [0.4, 0.5) is 0 Å². The van der Waals surface area contributed by atoms with Crippen LogP contribution < -0.4 is 5.32 Å². The molecule has 5 heteroatoms. The Morgan fingerprint density at radius 3 is 2.67 bits per heavy atom. The second-order valence-electron chi connectivity index (χ2n) is 3.19. The van der Waals surface area contributed by atoms with E-state index in [1.54, 1.807) is 19.1 Å². The highest BCUT2D eigenvalue weighted by Gasteiger charge is 2.10. The number of rotatable bonds is 3. The van der Waals surface area contributed by atoms with Gasteiger partial charge in [-0.2, -0.15) is 0 Å². The number of aliphatic hydroxyl groups is 1. The molecule has 0 aliphatic heterocycles. The molecule has 0 fully saturated rings. The SMILES string of the molecule is CC(CO)NC(=O)c1ccc(Cl)c(Cl)c1. The highest BCUT2D eigenvalue weighted by Crippen LogP contribution is 2.22. The molecule has 0 aliphatic carbocycles. The van der Waals surface area contributed by atoms with E-state index < -0.39 is 0 Å². The van der Waals surface area contributed by atoms with E-state index in [0.717, 1.165) is 0 Å². The summed E-state index contributed by atoms with van der Waals surface area (Å²) in [5, 5.41) is 12.1. The third kappa shape index (κ3) is 3.38. The Morgan fingerprint density at radius 1 is 1.47 bits per heavy atom. The predicted molar refractivity (Wildman–Crippen MR) is 60.5 cm³/mol. The maximum absolute atomic E-state index is 11.6. The second kappa shape index (κ2) is 5.35. The first-order valence-electron chi connectivity index (χ1n) is 4.41. The largest absolute Gasteiger partial charge is 0.394 e. The molecule has 15 heavy (non-hydrogen) atoms. The van der Waals surface area contributed by atoms with E-state index in [1.807, 2.05) is 0 Å². The molecule has 0 aromatic heterocycles. The van der Waals surface area contributed by atoms with Gasteiger partial charge in [0.15, 0.2) is 0 Å². The minimum atomic E-state index is -0.285. The molecule has 2 N–H and O–H groups in total. The number of aliphatic hydroxyl groups excluding tert-OH is 1. The molecule has 0 saturated heterocycles. The minimum Gasteiger partial charge on any atom is -0.394 e. The summed E-state index contributed by atoms with van der Waals surface area (Å²) < 4.78 is 0. The van der Waals surface area contributed by atoms with Gasteiger partial charge >= 0.3 is 0 Å². The van der Waals surface area contributed by atoms with Crippen LogP contribution in [0.3, 0.4) is 0 Å². The Hall–Kier alpha value is -0.770. The molecule has 0 radical (unpaired) electrons. The fourth-order valence-electron chi connectivity index (χ4n) is 0.990. The van der Waals surface area contributed by atoms with Crippen LogP contribution in [-0.4, -0.2) is 23.7 Å². The van der Waals surface area contributed by atoms with Gasteiger partial charge in [-0.1, -0.05) is 23.2 Å². The molecule has 0 saturated carbocycles. The van der Waals surface area contributed by atoms with Crippen LogP contribution in [0.25, 0.3) is 0 Å². The molecule has 1 aromatic rings. The topological polar surface area (TPSA) is 49.3 Å². The normalized spacial score (nSPS) is 12.3. The quantitative estimate of drug-likeness (QED) is 0.860. The average molecular weight is 248 g/mol. The first-order valence-corrected chi connectivity index (χ1v) is 5.17. The van der Waals surface area contributed by atoms with E-state index in [4.69, 9.17) is 28.3 Å². The zero-order valence-corrected chi connectivity index (χ0v) is 9.64. The summed E-state index contributed by atoms with van der Waals surface area (Å²) in [4.78, 5) is 11.6. The fourth-order valence-corrected chi connectivity index (χ4v) is 1.29. The average Bonchev–Trinajstić information content (AvgIpc) is 2.21. The lowest BCUT2D eigenvalue weighted by Crippen LogP contribution is -2.34. The van der Waals surface area contributed by atoms with Crippen LogP contribution in [0.2, 0.25) is 10.0 Å². The number of halogens is 2. The van der Waals surface area contributed by atoms with Crippen LogP contribution in [-0.2, 0) is 0 Å². The Bertz CT molecular complexity index is 368. The number of hydrogen-bond donors (Lipinski definition) is 2. The van der Waals surface area contributed by atoms with Crippen molar-refractivity contribution in [3.05, 3.63) is 33.8 Å². The molecular formula is C10H11Cl2NO2. The van der Waals surface area contributed by atoms with E-state index in [9.17, 15) is 4.79 Å². The van der Waals surface area contributed by atoms with Crippen molar-refractivity contribution in [2.24, 2.45) is 0 Å². The molecular weight excluding hydrogens is 237 g/mol. The van der Waals surface area contributed by atoms with Gasteiger partial charge in [-0.05, 0) is 25.1 Å². The molecule has 0 spiro atoms. The van der Waals surface area contributed by atoms with Crippen molar-refractivity contribution < 1.29 is 9.90 Å². The molecule has 3 nitrogen and oxygen atoms in total. The summed E-state index contributed by atoms with van der Waals surface area (Å²) in [7, 11) is 0. The lowest BCUT2D eigenvalue weighted by molar-refractivity contribution is 0.0922. The van der Waals surface area contributed by atoms with Crippen molar-refractivity contribution >= 4 is 29.1 Å². The smallest absolute Gasteiger partial charge is 0.251 e. The van der Waals surface area contributed by atoms with Gasteiger partial charge < -0.3 is 10.4 Å². The van der Waals surface area contributed by atoms with Crippen molar-refractivity contribution in [2.75, 3.05) is 6.61 Å². The van der Waals surface area contributed by atoms with Gasteiger partial charge in [0.25, 0.3) is 5.91 Å². The molecule has 0 heterocycles. The molecule has 1 amide bonds. The standard InChI is InChI=1S/C10H11Cl2NO2/c1-6(5-14)13-10(15)7-2-3-8(11)9(12)4-7/h2-4,6,14H,5H2,1H3,(H,13,15). The predicted octanol–water partition coefficient (Wildman–Crippen LogP) is 2.10. The van der Waals surface area contributed by atoms with Gasteiger partial charge in [-0.15, -0.1) is 0 Å². The molecule has 1 rings (SSSR count). The Balaban J connectivity index is 2.78. The van der Waals surface area contributed by atoms with Gasteiger partial charge in [-0.3, -0.25) is 4.79 Å². The Labute approximate surface area is 98.0 Å². The van der Waals surface area contributed by atoms with Crippen LogP contribution in [0.15, 0.2) is 18.2 Å². The number of benzene rings is 1. The monoisotopic (exact) mass is 247 g/mol. The van der Waals surface area contributed by atoms with Crippen molar-refractivity contribution in [1.29, 1.82) is 0 Å². The van der Waals surface area contributed by atoms with Crippen LogP contribution in [0.1, 0.15) is 17.3 Å². The maximum Gasteiger partial charge on any atom is 0.251 e. The number of carbonyl (C=O) groups is 1. The number of carbonyl (C=O) groups excluding carboxylic acids is 1. The summed E-state index contributed by atoms with van der Waals surface area (Å²) in [5.41, 5.74) is 0.421. The number of nitrogens with one attached hydrogen (secondary N) is 1. The third-order valence-electron chi connectivity index (χ3n) is 1.83. The lowest BCUT2D eigenvalue weighted by Gasteiger charge is -2.10. The summed E-state index contributed by atoms with van der Waals surface area (Å²) >= 11 is 11.5. The van der Waals surface area contributed by atoms with E-state index >= 15 is 0 Å². The van der Waals surface area contributed by atoms with Crippen LogP contribution >= 0.6 is 23.2 Å². The van der Waals surface area contributed by atoms with Crippen LogP contribution in [0, 0.1) is 0 Å². The molecule has 0 aliphatic rings. The van der Waals surface area contributed by atoms with Crippen molar-refractivity contribution in [3.63, 3.8) is 0 Å². The first-order chi connectivity index (χ1) is 7.04. The summed E-state index contributed by atoms with van der Waals surface area (Å²) in [5.74, 6) is -0.282.